The number of hydrogen-bond acceptors (Lipinski definition) is 12. The van der Waals surface area contributed by atoms with Crippen LogP contribution in [0.5, 0.6) is 0 Å². The number of nitrogens with zero attached hydrogens (tertiary/aromatic N) is 8. The molecule has 284 valence electrons. The zero-order chi connectivity index (χ0) is 37.2. The molecule has 0 spiro atoms. The second-order valence-electron chi connectivity index (χ2n) is 14.6. The molecule has 3 aromatic heterocycles. The number of anilines is 2. The van der Waals surface area contributed by atoms with Crippen molar-refractivity contribution in [2.24, 2.45) is 5.92 Å². The fourth-order valence-electron chi connectivity index (χ4n) is 8.31. The summed E-state index contributed by atoms with van der Waals surface area (Å²) < 4.78 is 17.8. The third-order valence-electron chi connectivity index (χ3n) is 11.3. The molecule has 15 heteroatoms. The summed E-state index contributed by atoms with van der Waals surface area (Å²) in [7, 11) is 1.64. The lowest BCUT2D eigenvalue weighted by Crippen LogP contribution is -2.50. The number of carbonyl (C=O) groups excluding carboxylic acids is 2. The Bertz CT molecular complexity index is 2130. The molecule has 5 aromatic rings. The number of nitrogen functional groups attached to an aromatic ring is 2. The normalized spacial score (nSPS) is 17.4. The molecule has 0 atom stereocenters. The van der Waals surface area contributed by atoms with Gasteiger partial charge in [0.1, 0.15) is 23.4 Å². The largest absolute Gasteiger partial charge is 0.424 e. The number of oxazole rings is 1. The van der Waals surface area contributed by atoms with Gasteiger partial charge in [0.2, 0.25) is 11.8 Å². The van der Waals surface area contributed by atoms with E-state index in [1.165, 1.54) is 17.5 Å². The molecule has 3 aliphatic heterocycles. The molecule has 2 saturated heterocycles. The minimum atomic E-state index is 0.0564. The second kappa shape index (κ2) is 15.7. The van der Waals surface area contributed by atoms with Crippen molar-refractivity contribution < 1.29 is 23.5 Å². The van der Waals surface area contributed by atoms with E-state index in [4.69, 9.17) is 30.5 Å². The van der Waals surface area contributed by atoms with E-state index in [2.05, 4.69) is 43.0 Å². The Morgan fingerprint density at radius 1 is 0.907 bits per heavy atom. The molecular formula is C39H48N10O5. The summed E-state index contributed by atoms with van der Waals surface area (Å²) in [6.07, 6.45) is 6.42. The Morgan fingerprint density at radius 2 is 1.74 bits per heavy atom. The minimum absolute atomic E-state index is 0.0564. The Balaban J connectivity index is 0.854. The van der Waals surface area contributed by atoms with Crippen molar-refractivity contribution in [3.63, 3.8) is 0 Å². The summed E-state index contributed by atoms with van der Waals surface area (Å²) in [6.45, 7) is 6.77. The lowest BCUT2D eigenvalue weighted by molar-refractivity contribution is -0.139. The molecule has 0 saturated carbocycles. The van der Waals surface area contributed by atoms with Crippen LogP contribution in [-0.2, 0) is 38.6 Å². The number of likely N-dealkylation sites (tertiary alicyclic amines) is 2. The summed E-state index contributed by atoms with van der Waals surface area (Å²) in [5.41, 5.74) is 19.0. The van der Waals surface area contributed by atoms with Gasteiger partial charge in [-0.2, -0.15) is 10.1 Å². The van der Waals surface area contributed by atoms with Crippen LogP contribution in [0.4, 0.5) is 11.8 Å². The number of aromatic nitrogens is 5. The lowest BCUT2D eigenvalue weighted by Gasteiger charge is -2.42. The van der Waals surface area contributed by atoms with E-state index in [1.54, 1.807) is 7.11 Å². The zero-order valence-electron chi connectivity index (χ0n) is 30.8. The molecule has 4 N–H and O–H groups in total. The van der Waals surface area contributed by atoms with Gasteiger partial charge < -0.3 is 40.1 Å². The van der Waals surface area contributed by atoms with Gasteiger partial charge in [0.15, 0.2) is 11.2 Å². The first-order chi connectivity index (χ1) is 26.3. The van der Waals surface area contributed by atoms with Gasteiger partial charge >= 0.3 is 0 Å². The average molecular weight is 737 g/mol. The molecule has 6 heterocycles. The van der Waals surface area contributed by atoms with Gasteiger partial charge in [-0.15, -0.1) is 0 Å². The second-order valence-corrected chi connectivity index (χ2v) is 14.6. The molecule has 2 amide bonds. The van der Waals surface area contributed by atoms with E-state index in [9.17, 15) is 9.59 Å². The summed E-state index contributed by atoms with van der Waals surface area (Å²) in [6, 6.07) is 12.7. The number of hydrogen-bond donors (Lipinski definition) is 2. The van der Waals surface area contributed by atoms with Crippen molar-refractivity contribution in [2.45, 2.75) is 57.7 Å². The molecule has 2 fully saturated rings. The van der Waals surface area contributed by atoms with Gasteiger partial charge in [0.05, 0.1) is 38.2 Å². The van der Waals surface area contributed by atoms with Gasteiger partial charge in [0.25, 0.3) is 6.01 Å². The predicted octanol–water partition coefficient (Wildman–Crippen LogP) is 3.49. The number of benzene rings is 2. The number of carbonyl (C=O) groups is 2. The van der Waals surface area contributed by atoms with Gasteiger partial charge in [-0.1, -0.05) is 18.2 Å². The van der Waals surface area contributed by atoms with Crippen molar-refractivity contribution in [1.82, 2.24) is 39.4 Å². The van der Waals surface area contributed by atoms with Crippen LogP contribution in [0.3, 0.4) is 0 Å². The van der Waals surface area contributed by atoms with Crippen LogP contribution in [0.1, 0.15) is 48.8 Å². The zero-order valence-corrected chi connectivity index (χ0v) is 30.8. The van der Waals surface area contributed by atoms with Crippen LogP contribution in [0.25, 0.3) is 33.4 Å². The summed E-state index contributed by atoms with van der Waals surface area (Å²) >= 11 is 0. The van der Waals surface area contributed by atoms with Gasteiger partial charge in [-0.3, -0.25) is 9.59 Å². The van der Waals surface area contributed by atoms with Crippen molar-refractivity contribution in [1.29, 1.82) is 0 Å². The van der Waals surface area contributed by atoms with E-state index >= 15 is 0 Å². The van der Waals surface area contributed by atoms with Crippen molar-refractivity contribution in [3.05, 3.63) is 59.4 Å². The topological polar surface area (TPSA) is 184 Å². The summed E-state index contributed by atoms with van der Waals surface area (Å²) in [5, 5.41) is 5.64. The first-order valence-corrected chi connectivity index (χ1v) is 19.0. The standard InChI is InChI=1S/C39H48N10O5/c1-52-18-19-53-17-11-33(50)47-15-9-30(10-16-47)46-12-6-26(7-13-46)38(51)48-14-8-27-20-25(2-3-29(27)23-48)22-49-37-34(36(40)42-24-43-37)35(45-49)28-4-5-32-31(21-28)44-39(41)54-32/h2-5,20-21,24,26,30H,6-19,22-23H2,1H3,(H2,41,44)(H2,40,42,43). The fourth-order valence-corrected chi connectivity index (χ4v) is 8.31. The highest BCUT2D eigenvalue weighted by Crippen LogP contribution is 2.33. The van der Waals surface area contributed by atoms with Gasteiger partial charge in [0, 0.05) is 50.8 Å². The Morgan fingerprint density at radius 3 is 2.56 bits per heavy atom. The fraction of sp³-hybridized carbons (Fsp3) is 0.487. The van der Waals surface area contributed by atoms with E-state index in [-0.39, 0.29) is 23.7 Å². The maximum atomic E-state index is 13.8. The van der Waals surface area contributed by atoms with E-state index < -0.39 is 0 Å². The monoisotopic (exact) mass is 736 g/mol. The number of nitrogens with two attached hydrogens (primary N) is 2. The van der Waals surface area contributed by atoms with Crippen molar-refractivity contribution in [2.75, 3.05) is 71.1 Å². The highest BCUT2D eigenvalue weighted by molar-refractivity contribution is 5.99. The molecule has 0 unspecified atom stereocenters. The third-order valence-corrected chi connectivity index (χ3v) is 11.3. The number of fused-ring (bicyclic) bond motifs is 3. The molecule has 0 radical (unpaired) electrons. The van der Waals surface area contributed by atoms with Gasteiger partial charge in [-0.25, -0.2) is 14.6 Å². The minimum Gasteiger partial charge on any atom is -0.424 e. The molecule has 3 aliphatic rings. The summed E-state index contributed by atoms with van der Waals surface area (Å²) in [4.78, 5) is 46.0. The summed E-state index contributed by atoms with van der Waals surface area (Å²) in [5.74, 6) is 0.853. The number of ether oxygens (including phenoxy) is 2. The van der Waals surface area contributed by atoms with E-state index in [0.29, 0.717) is 85.6 Å². The SMILES string of the molecule is COCCOCCC(=O)N1CCC(N2CCC(C(=O)N3CCc4cc(Cn5nc(-c6ccc7oc(N)nc7c6)c6c(N)ncnc65)ccc4C3)CC2)CC1. The highest BCUT2D eigenvalue weighted by atomic mass is 16.5. The molecule has 54 heavy (non-hydrogen) atoms. The Labute approximate surface area is 313 Å². The number of methoxy groups -OCH3 is 1. The predicted molar refractivity (Wildman–Crippen MR) is 203 cm³/mol. The first kappa shape index (κ1) is 35.9. The molecule has 0 aliphatic carbocycles. The quantitative estimate of drug-likeness (QED) is 0.189. The highest BCUT2D eigenvalue weighted by Gasteiger charge is 2.34. The number of piperidine rings is 2. The Kier molecular flexibility index (Phi) is 10.4. The smallest absolute Gasteiger partial charge is 0.292 e. The molecule has 0 bridgehead atoms. The Hall–Kier alpha value is -5.12. The molecule has 8 rings (SSSR count). The van der Waals surface area contributed by atoms with Crippen LogP contribution in [0, 0.1) is 5.92 Å². The molecular weight excluding hydrogens is 688 g/mol. The molecule has 2 aromatic carbocycles. The van der Waals surface area contributed by atoms with Crippen LogP contribution in [-0.4, -0.2) is 117 Å². The van der Waals surface area contributed by atoms with Crippen molar-refractivity contribution >= 4 is 45.8 Å². The average Bonchev–Trinajstić information content (AvgIpc) is 3.77. The van der Waals surface area contributed by atoms with Crippen molar-refractivity contribution in [3.8, 4) is 11.3 Å². The number of amides is 2. The van der Waals surface area contributed by atoms with E-state index in [1.807, 2.05) is 27.8 Å². The van der Waals surface area contributed by atoms with Crippen LogP contribution >= 0.6 is 0 Å². The van der Waals surface area contributed by atoms with E-state index in [0.717, 1.165) is 69.4 Å². The lowest BCUT2D eigenvalue weighted by atomic mass is 9.90. The van der Waals surface area contributed by atoms with Gasteiger partial charge in [-0.05, 0) is 80.1 Å². The number of rotatable bonds is 11. The first-order valence-electron chi connectivity index (χ1n) is 19.0. The third kappa shape index (κ3) is 7.48. The maximum Gasteiger partial charge on any atom is 0.292 e. The molecule has 15 nitrogen and oxygen atoms in total. The van der Waals surface area contributed by atoms with Crippen LogP contribution < -0.4 is 11.5 Å². The maximum absolute atomic E-state index is 13.8. The van der Waals surface area contributed by atoms with Crippen LogP contribution in [0.2, 0.25) is 0 Å². The van der Waals surface area contributed by atoms with Crippen LogP contribution in [0.15, 0.2) is 47.1 Å².